The molecule has 0 radical (unpaired) electrons. The monoisotopic (exact) mass is 383 g/mol. The van der Waals surface area contributed by atoms with Gasteiger partial charge in [0.05, 0.1) is 22.2 Å². The first-order chi connectivity index (χ1) is 12.6. The van der Waals surface area contributed by atoms with Gasteiger partial charge in [-0.2, -0.15) is 0 Å². The van der Waals surface area contributed by atoms with Crippen molar-refractivity contribution in [2.75, 3.05) is 0 Å². The molecule has 1 aliphatic carbocycles. The lowest BCUT2D eigenvalue weighted by atomic mass is 9.91. The molecule has 3 aromatic carbocycles. The summed E-state index contributed by atoms with van der Waals surface area (Å²) in [5.74, 6) is -0.130. The van der Waals surface area contributed by atoms with Crippen LogP contribution in [0.25, 0.3) is 0 Å². The van der Waals surface area contributed by atoms with E-state index in [1.54, 1.807) is 6.07 Å². The lowest BCUT2D eigenvalue weighted by molar-refractivity contribution is 0.125. The zero-order chi connectivity index (χ0) is 18.1. The Morgan fingerprint density at radius 3 is 2.23 bits per heavy atom. The van der Waals surface area contributed by atoms with Gasteiger partial charge in [0.15, 0.2) is 0 Å². The van der Waals surface area contributed by atoms with Gasteiger partial charge in [-0.05, 0) is 34.4 Å². The molecule has 4 rings (SSSR count). The van der Waals surface area contributed by atoms with Gasteiger partial charge in [-0.15, -0.1) is 0 Å². The molecule has 0 aromatic heterocycles. The van der Waals surface area contributed by atoms with E-state index in [0.717, 1.165) is 16.7 Å². The van der Waals surface area contributed by atoms with E-state index in [1.165, 1.54) is 5.56 Å². The second-order valence-corrected chi connectivity index (χ2v) is 7.43. The van der Waals surface area contributed by atoms with E-state index in [0.29, 0.717) is 16.6 Å². The molecule has 0 saturated heterocycles. The summed E-state index contributed by atoms with van der Waals surface area (Å²) in [6.45, 7) is 0.699. The Bertz CT molecular complexity index is 913. The summed E-state index contributed by atoms with van der Waals surface area (Å²) in [6.07, 6.45) is -0.576. The number of rotatable bonds is 4. The van der Waals surface area contributed by atoms with Crippen LogP contribution in [0.15, 0.2) is 72.8 Å². The van der Waals surface area contributed by atoms with Crippen molar-refractivity contribution in [2.24, 2.45) is 0 Å². The number of fused-ring (bicyclic) bond motifs is 1. The van der Waals surface area contributed by atoms with E-state index in [4.69, 9.17) is 23.2 Å². The van der Waals surface area contributed by atoms with Crippen molar-refractivity contribution in [1.29, 1.82) is 0 Å². The van der Waals surface area contributed by atoms with Gasteiger partial charge in [0.2, 0.25) is 0 Å². The Morgan fingerprint density at radius 2 is 1.50 bits per heavy atom. The molecule has 4 heteroatoms. The van der Waals surface area contributed by atoms with Crippen LogP contribution in [-0.2, 0) is 6.54 Å². The van der Waals surface area contributed by atoms with Crippen molar-refractivity contribution in [3.8, 4) is 0 Å². The smallest absolute Gasteiger partial charge is 0.0844 e. The highest BCUT2D eigenvalue weighted by molar-refractivity contribution is 6.42. The first-order valence-electron chi connectivity index (χ1n) is 8.64. The van der Waals surface area contributed by atoms with E-state index in [9.17, 15) is 5.11 Å². The molecule has 0 spiro atoms. The van der Waals surface area contributed by atoms with Crippen molar-refractivity contribution in [1.82, 2.24) is 5.32 Å². The molecule has 3 atom stereocenters. The third kappa shape index (κ3) is 3.26. The minimum atomic E-state index is -0.576. The lowest BCUT2D eigenvalue weighted by Gasteiger charge is -2.22. The fourth-order valence-electron chi connectivity index (χ4n) is 3.77. The largest absolute Gasteiger partial charge is 0.390 e. The van der Waals surface area contributed by atoms with Gasteiger partial charge < -0.3 is 10.4 Å². The fraction of sp³-hybridized carbons (Fsp3) is 0.182. The van der Waals surface area contributed by atoms with Crippen LogP contribution in [0.2, 0.25) is 10.0 Å². The highest BCUT2D eigenvalue weighted by Crippen LogP contribution is 2.45. The first kappa shape index (κ1) is 17.6. The Hall–Kier alpha value is -1.84. The van der Waals surface area contributed by atoms with Crippen LogP contribution in [0.5, 0.6) is 0 Å². The molecule has 0 amide bonds. The second kappa shape index (κ2) is 7.42. The normalized spacial score (nSPS) is 21.6. The van der Waals surface area contributed by atoms with Crippen LogP contribution in [0.1, 0.15) is 34.2 Å². The van der Waals surface area contributed by atoms with Gasteiger partial charge in [0.1, 0.15) is 0 Å². The van der Waals surface area contributed by atoms with Crippen molar-refractivity contribution < 1.29 is 5.11 Å². The van der Waals surface area contributed by atoms with Crippen LogP contribution in [0.3, 0.4) is 0 Å². The number of hydrogen-bond acceptors (Lipinski definition) is 2. The third-order valence-electron chi connectivity index (χ3n) is 5.02. The summed E-state index contributed by atoms with van der Waals surface area (Å²) in [6, 6.07) is 23.8. The van der Waals surface area contributed by atoms with Crippen LogP contribution in [0.4, 0.5) is 0 Å². The van der Waals surface area contributed by atoms with Crippen molar-refractivity contribution in [3.05, 3.63) is 105 Å². The molecule has 132 valence electrons. The average Bonchev–Trinajstić information content (AvgIpc) is 2.95. The minimum absolute atomic E-state index is 0.130. The molecule has 0 heterocycles. The Balaban J connectivity index is 1.66. The molecule has 3 aromatic rings. The van der Waals surface area contributed by atoms with Gasteiger partial charge in [-0.3, -0.25) is 0 Å². The highest BCUT2D eigenvalue weighted by Gasteiger charge is 2.40. The Kier molecular flexibility index (Phi) is 5.01. The number of hydrogen-bond donors (Lipinski definition) is 2. The zero-order valence-electron chi connectivity index (χ0n) is 14.1. The molecule has 2 N–H and O–H groups in total. The SMILES string of the molecule is OC1[C@@H](c2ccc(Cl)c(Cl)c2)c2ccccc2[C@@H]1NCc1ccccc1. The standard InChI is InChI=1S/C22H19Cl2NO/c23-18-11-10-15(12-19(18)24)20-16-8-4-5-9-17(16)21(22(20)26)25-13-14-6-2-1-3-7-14/h1-12,20-22,25-26H,13H2/t20-,21-,22?/m0/s1. The quantitative estimate of drug-likeness (QED) is 0.637. The maximum absolute atomic E-state index is 11.1. The Labute approximate surface area is 163 Å². The van der Waals surface area contributed by atoms with Gasteiger partial charge in [-0.25, -0.2) is 0 Å². The number of halogens is 2. The highest BCUT2D eigenvalue weighted by atomic mass is 35.5. The molecular weight excluding hydrogens is 365 g/mol. The van der Waals surface area contributed by atoms with E-state index in [1.807, 2.05) is 42.5 Å². The minimum Gasteiger partial charge on any atom is -0.390 e. The number of aliphatic hydroxyl groups is 1. The van der Waals surface area contributed by atoms with Crippen molar-refractivity contribution >= 4 is 23.2 Å². The van der Waals surface area contributed by atoms with Crippen LogP contribution in [0, 0.1) is 0 Å². The van der Waals surface area contributed by atoms with Crippen LogP contribution < -0.4 is 5.32 Å². The third-order valence-corrected chi connectivity index (χ3v) is 5.76. The molecule has 1 unspecified atom stereocenters. The molecule has 1 aliphatic rings. The van der Waals surface area contributed by atoms with Crippen molar-refractivity contribution in [2.45, 2.75) is 24.6 Å². The van der Waals surface area contributed by atoms with Crippen molar-refractivity contribution in [3.63, 3.8) is 0 Å². The fourth-order valence-corrected chi connectivity index (χ4v) is 4.08. The molecule has 0 aliphatic heterocycles. The predicted octanol–water partition coefficient (Wildman–Crippen LogP) is 5.33. The van der Waals surface area contributed by atoms with Gasteiger partial charge in [-0.1, -0.05) is 83.9 Å². The molecule has 26 heavy (non-hydrogen) atoms. The van der Waals surface area contributed by atoms with E-state index < -0.39 is 6.10 Å². The number of benzene rings is 3. The summed E-state index contributed by atoms with van der Waals surface area (Å²) >= 11 is 12.3. The Morgan fingerprint density at radius 1 is 0.808 bits per heavy atom. The topological polar surface area (TPSA) is 32.3 Å². The van der Waals surface area contributed by atoms with E-state index in [-0.39, 0.29) is 12.0 Å². The summed E-state index contributed by atoms with van der Waals surface area (Å²) in [5.41, 5.74) is 4.43. The number of aliphatic hydroxyl groups excluding tert-OH is 1. The summed E-state index contributed by atoms with van der Waals surface area (Å²) in [4.78, 5) is 0. The summed E-state index contributed by atoms with van der Waals surface area (Å²) in [5, 5.41) is 15.7. The molecule has 0 bridgehead atoms. The van der Waals surface area contributed by atoms with E-state index >= 15 is 0 Å². The average molecular weight is 384 g/mol. The lowest BCUT2D eigenvalue weighted by Crippen LogP contribution is -2.30. The summed E-state index contributed by atoms with van der Waals surface area (Å²) < 4.78 is 0. The van der Waals surface area contributed by atoms with E-state index in [2.05, 4.69) is 29.6 Å². The van der Waals surface area contributed by atoms with Gasteiger partial charge in [0, 0.05) is 12.5 Å². The maximum Gasteiger partial charge on any atom is 0.0844 e. The van der Waals surface area contributed by atoms with Gasteiger partial charge in [0.25, 0.3) is 0 Å². The number of nitrogens with one attached hydrogen (secondary N) is 1. The molecule has 2 nitrogen and oxygen atoms in total. The van der Waals surface area contributed by atoms with Gasteiger partial charge >= 0.3 is 0 Å². The molecular formula is C22H19Cl2NO. The van der Waals surface area contributed by atoms with Crippen LogP contribution >= 0.6 is 23.2 Å². The zero-order valence-corrected chi connectivity index (χ0v) is 15.6. The summed E-state index contributed by atoms with van der Waals surface area (Å²) in [7, 11) is 0. The maximum atomic E-state index is 11.1. The predicted molar refractivity (Wildman–Crippen MR) is 107 cm³/mol. The first-order valence-corrected chi connectivity index (χ1v) is 9.40. The van der Waals surface area contributed by atoms with Crippen LogP contribution in [-0.4, -0.2) is 11.2 Å². The second-order valence-electron chi connectivity index (χ2n) is 6.61. The molecule has 0 fully saturated rings. The molecule has 0 saturated carbocycles.